The van der Waals surface area contributed by atoms with Crippen LogP contribution in [0.5, 0.6) is 5.75 Å². The first-order chi connectivity index (χ1) is 11.2. The van der Waals surface area contributed by atoms with Crippen LogP contribution in [0.1, 0.15) is 30.2 Å². The minimum absolute atomic E-state index is 0.0873. The van der Waals surface area contributed by atoms with E-state index >= 15 is 0 Å². The van der Waals surface area contributed by atoms with Gasteiger partial charge in [0.25, 0.3) is 5.56 Å². The lowest BCUT2D eigenvalue weighted by molar-refractivity contribution is 0.480. The van der Waals surface area contributed by atoms with E-state index in [1.165, 1.54) is 11.1 Å². The standard InChI is InChI=1S/C20H19NO2/c1-2-16-15-10-6-7-13-11-12-17(22)19(18(13)15)20(23)21(16)14-8-4-3-5-9-14/h3-5,8-9,11-12,22H,2,6-7,10H2,1H3. The van der Waals surface area contributed by atoms with Crippen molar-refractivity contribution in [3.63, 3.8) is 0 Å². The Morgan fingerprint density at radius 2 is 1.83 bits per heavy atom. The molecule has 2 aromatic carbocycles. The van der Waals surface area contributed by atoms with Crippen LogP contribution in [0, 0.1) is 0 Å². The molecular formula is C20H19NO2. The Kier molecular flexibility index (Phi) is 3.22. The highest BCUT2D eigenvalue weighted by atomic mass is 16.3. The Morgan fingerprint density at radius 3 is 2.57 bits per heavy atom. The molecule has 1 aliphatic rings. The summed E-state index contributed by atoms with van der Waals surface area (Å²) >= 11 is 0. The summed E-state index contributed by atoms with van der Waals surface area (Å²) in [6.45, 7) is 2.09. The van der Waals surface area contributed by atoms with Gasteiger partial charge in [0, 0.05) is 11.4 Å². The van der Waals surface area contributed by atoms with Crippen molar-refractivity contribution in [2.45, 2.75) is 32.6 Å². The highest BCUT2D eigenvalue weighted by Crippen LogP contribution is 2.35. The molecule has 3 heteroatoms. The third kappa shape index (κ3) is 2.00. The van der Waals surface area contributed by atoms with Crippen LogP contribution < -0.4 is 5.56 Å². The van der Waals surface area contributed by atoms with Gasteiger partial charge in [0.1, 0.15) is 5.75 Å². The Balaban J connectivity index is 2.23. The molecule has 0 aliphatic heterocycles. The van der Waals surface area contributed by atoms with Crippen molar-refractivity contribution in [3.05, 3.63) is 69.6 Å². The quantitative estimate of drug-likeness (QED) is 0.783. The monoisotopic (exact) mass is 305 g/mol. The third-order valence-electron chi connectivity index (χ3n) is 4.83. The van der Waals surface area contributed by atoms with Gasteiger partial charge < -0.3 is 5.11 Å². The fourth-order valence-electron chi connectivity index (χ4n) is 3.86. The number of hydrogen-bond donors (Lipinski definition) is 1. The van der Waals surface area contributed by atoms with Crippen LogP contribution in [0.2, 0.25) is 0 Å². The van der Waals surface area contributed by atoms with Crippen LogP contribution >= 0.6 is 0 Å². The second-order valence-corrected chi connectivity index (χ2v) is 6.10. The van der Waals surface area contributed by atoms with Crippen LogP contribution in [-0.2, 0) is 19.3 Å². The van der Waals surface area contributed by atoms with Gasteiger partial charge in [-0.05, 0) is 60.4 Å². The summed E-state index contributed by atoms with van der Waals surface area (Å²) in [6.07, 6.45) is 3.82. The topological polar surface area (TPSA) is 42.2 Å². The van der Waals surface area contributed by atoms with Crippen LogP contribution in [-0.4, -0.2) is 9.67 Å². The van der Waals surface area contributed by atoms with E-state index in [0.29, 0.717) is 5.39 Å². The van der Waals surface area contributed by atoms with Crippen molar-refractivity contribution in [1.29, 1.82) is 0 Å². The summed E-state index contributed by atoms with van der Waals surface area (Å²) in [5.74, 6) is 0.0873. The summed E-state index contributed by atoms with van der Waals surface area (Å²) in [4.78, 5) is 13.2. The molecule has 1 aromatic heterocycles. The lowest BCUT2D eigenvalue weighted by Gasteiger charge is -2.24. The third-order valence-corrected chi connectivity index (χ3v) is 4.83. The number of aromatic nitrogens is 1. The number of hydrogen-bond acceptors (Lipinski definition) is 2. The molecule has 1 heterocycles. The molecule has 3 aromatic rings. The van der Waals surface area contributed by atoms with Crippen LogP contribution in [0.15, 0.2) is 47.3 Å². The molecule has 0 radical (unpaired) electrons. The molecule has 1 aliphatic carbocycles. The van der Waals surface area contributed by atoms with Crippen LogP contribution in [0.4, 0.5) is 0 Å². The molecular weight excluding hydrogens is 286 g/mol. The number of phenolic OH excluding ortho intramolecular Hbond substituents is 1. The van der Waals surface area contributed by atoms with E-state index in [9.17, 15) is 9.90 Å². The van der Waals surface area contributed by atoms with Crippen LogP contribution in [0.3, 0.4) is 0 Å². The van der Waals surface area contributed by atoms with Crippen molar-refractivity contribution in [1.82, 2.24) is 4.57 Å². The Morgan fingerprint density at radius 1 is 1.04 bits per heavy atom. The second kappa shape index (κ2) is 5.27. The van der Waals surface area contributed by atoms with Gasteiger partial charge in [-0.15, -0.1) is 0 Å². The number of rotatable bonds is 2. The summed E-state index contributed by atoms with van der Waals surface area (Å²) in [6, 6.07) is 13.3. The zero-order valence-corrected chi connectivity index (χ0v) is 13.2. The van der Waals surface area contributed by atoms with Gasteiger partial charge in [0.15, 0.2) is 0 Å². The minimum atomic E-state index is -0.118. The predicted molar refractivity (Wildman–Crippen MR) is 92.6 cm³/mol. The summed E-state index contributed by atoms with van der Waals surface area (Å²) < 4.78 is 1.78. The first-order valence-electron chi connectivity index (χ1n) is 8.19. The predicted octanol–water partition coefficient (Wildman–Crippen LogP) is 3.75. The van der Waals surface area contributed by atoms with Gasteiger partial charge in [0.05, 0.1) is 5.39 Å². The van der Waals surface area contributed by atoms with Crippen molar-refractivity contribution in [3.8, 4) is 11.4 Å². The molecule has 0 saturated carbocycles. The first kappa shape index (κ1) is 14.1. The first-order valence-corrected chi connectivity index (χ1v) is 8.19. The molecule has 4 rings (SSSR count). The van der Waals surface area contributed by atoms with E-state index in [1.807, 2.05) is 36.4 Å². The van der Waals surface area contributed by atoms with E-state index in [4.69, 9.17) is 0 Å². The lowest BCUT2D eigenvalue weighted by atomic mass is 9.87. The number of benzene rings is 2. The number of nitrogens with zero attached hydrogens (tertiary/aromatic N) is 1. The number of aromatic hydroxyl groups is 1. The number of para-hydroxylation sites is 1. The van der Waals surface area contributed by atoms with Crippen molar-refractivity contribution < 1.29 is 5.11 Å². The number of aryl methyl sites for hydroxylation is 2. The van der Waals surface area contributed by atoms with Gasteiger partial charge in [-0.3, -0.25) is 9.36 Å². The van der Waals surface area contributed by atoms with E-state index in [2.05, 4.69) is 6.92 Å². The van der Waals surface area contributed by atoms with Crippen molar-refractivity contribution in [2.24, 2.45) is 0 Å². The largest absolute Gasteiger partial charge is 0.507 e. The summed E-state index contributed by atoms with van der Waals surface area (Å²) in [5.41, 5.74) is 4.23. The molecule has 0 unspecified atom stereocenters. The Bertz CT molecular complexity index is 955. The van der Waals surface area contributed by atoms with Gasteiger partial charge in [-0.1, -0.05) is 31.2 Å². The molecule has 23 heavy (non-hydrogen) atoms. The Labute approximate surface area is 134 Å². The molecule has 0 amide bonds. The van der Waals surface area contributed by atoms with E-state index in [1.54, 1.807) is 10.6 Å². The Hall–Kier alpha value is -2.55. The summed E-state index contributed by atoms with van der Waals surface area (Å²) in [5, 5.41) is 11.8. The molecule has 0 saturated heterocycles. The van der Waals surface area contributed by atoms with E-state index < -0.39 is 0 Å². The lowest BCUT2D eigenvalue weighted by Crippen LogP contribution is -2.25. The summed E-state index contributed by atoms with van der Waals surface area (Å²) in [7, 11) is 0. The maximum Gasteiger partial charge on any atom is 0.266 e. The average molecular weight is 305 g/mol. The van der Waals surface area contributed by atoms with Gasteiger partial charge in [0.2, 0.25) is 0 Å². The maximum absolute atomic E-state index is 13.2. The normalized spacial score (nSPS) is 13.4. The average Bonchev–Trinajstić information content (AvgIpc) is 2.59. The zero-order valence-electron chi connectivity index (χ0n) is 13.2. The molecule has 0 bridgehead atoms. The molecule has 3 nitrogen and oxygen atoms in total. The smallest absolute Gasteiger partial charge is 0.266 e. The number of pyridine rings is 1. The number of phenols is 1. The maximum atomic E-state index is 13.2. The van der Waals surface area contributed by atoms with Crippen molar-refractivity contribution in [2.75, 3.05) is 0 Å². The zero-order chi connectivity index (χ0) is 16.0. The van der Waals surface area contributed by atoms with Gasteiger partial charge in [-0.25, -0.2) is 0 Å². The molecule has 116 valence electrons. The van der Waals surface area contributed by atoms with E-state index in [0.717, 1.165) is 42.5 Å². The molecule has 0 spiro atoms. The highest BCUT2D eigenvalue weighted by Gasteiger charge is 2.23. The SMILES string of the molecule is CCc1c2c3c(ccc(O)c3c(=O)n1-c1ccccc1)CCC2. The second-order valence-electron chi connectivity index (χ2n) is 6.10. The van der Waals surface area contributed by atoms with E-state index in [-0.39, 0.29) is 11.3 Å². The molecule has 1 N–H and O–H groups in total. The van der Waals surface area contributed by atoms with Gasteiger partial charge in [-0.2, -0.15) is 0 Å². The van der Waals surface area contributed by atoms with Crippen LogP contribution in [0.25, 0.3) is 16.5 Å². The fourth-order valence-corrected chi connectivity index (χ4v) is 3.86. The van der Waals surface area contributed by atoms with Crippen molar-refractivity contribution >= 4 is 10.8 Å². The minimum Gasteiger partial charge on any atom is -0.507 e. The molecule has 0 atom stereocenters. The molecule has 0 fully saturated rings. The van der Waals surface area contributed by atoms with Gasteiger partial charge >= 0.3 is 0 Å². The highest BCUT2D eigenvalue weighted by molar-refractivity contribution is 5.94. The fraction of sp³-hybridized carbons (Fsp3) is 0.250.